The minimum absolute atomic E-state index is 0.197. The summed E-state index contributed by atoms with van der Waals surface area (Å²) in [6, 6.07) is 35.3. The lowest BCUT2D eigenvalue weighted by molar-refractivity contribution is 0.372. The Morgan fingerprint density at radius 2 is 1.34 bits per heavy atom. The smallest absolute Gasteiger partial charge is 0.240 e. The molecule has 0 spiro atoms. The number of nitrogens with zero attached hydrogens (tertiary/aromatic N) is 4. The Kier molecular flexibility index (Phi) is 6.43. The Hall–Kier alpha value is -4.01. The maximum atomic E-state index is 14.0. The van der Waals surface area contributed by atoms with Gasteiger partial charge in [-0.2, -0.15) is 23.0 Å². The maximum Gasteiger partial charge on any atom is 0.279 e. The molecule has 8 heteroatoms. The first-order chi connectivity index (χ1) is 18.5. The van der Waals surface area contributed by atoms with Gasteiger partial charge in [0.25, 0.3) is 10.0 Å². The summed E-state index contributed by atoms with van der Waals surface area (Å²) >= 11 is 3.48. The quantitative estimate of drug-likeness (QED) is 0.220. The van der Waals surface area contributed by atoms with Gasteiger partial charge in [-0.25, -0.2) is 4.68 Å². The highest BCUT2D eigenvalue weighted by Crippen LogP contribution is 2.41. The molecule has 0 bridgehead atoms. The molecule has 1 aromatic heterocycles. The summed E-state index contributed by atoms with van der Waals surface area (Å²) in [5, 5.41) is 9.65. The Bertz CT molecular complexity index is 1700. The van der Waals surface area contributed by atoms with Gasteiger partial charge in [-0.05, 0) is 42.0 Å². The number of para-hydroxylation sites is 1. The lowest BCUT2D eigenvalue weighted by atomic mass is 9.97. The summed E-state index contributed by atoms with van der Waals surface area (Å²) in [5.74, 6) is 0. The number of sulfonamides is 1. The first kappa shape index (κ1) is 24.3. The van der Waals surface area contributed by atoms with E-state index in [2.05, 4.69) is 15.9 Å². The highest BCUT2D eigenvalue weighted by Gasteiger charge is 2.40. The zero-order valence-corrected chi connectivity index (χ0v) is 22.6. The van der Waals surface area contributed by atoms with E-state index in [0.717, 1.165) is 32.5 Å². The van der Waals surface area contributed by atoms with Crippen molar-refractivity contribution < 1.29 is 8.42 Å². The lowest BCUT2D eigenvalue weighted by Crippen LogP contribution is -2.27. The molecule has 6 nitrogen and oxygen atoms in total. The van der Waals surface area contributed by atoms with Gasteiger partial charge in [-0.1, -0.05) is 94.8 Å². The highest BCUT2D eigenvalue weighted by atomic mass is 79.9. The van der Waals surface area contributed by atoms with Crippen molar-refractivity contribution in [2.45, 2.75) is 17.4 Å². The van der Waals surface area contributed by atoms with Crippen LogP contribution >= 0.6 is 15.9 Å². The van der Waals surface area contributed by atoms with E-state index in [1.807, 2.05) is 95.8 Å². The van der Waals surface area contributed by atoms with Gasteiger partial charge in [0.15, 0.2) is 0 Å². The second-order valence-corrected chi connectivity index (χ2v) is 11.7. The predicted molar refractivity (Wildman–Crippen MR) is 153 cm³/mol. The van der Waals surface area contributed by atoms with Crippen molar-refractivity contribution >= 4 is 31.7 Å². The fraction of sp³-hybridized carbons (Fsp3) is 0.0667. The van der Waals surface area contributed by atoms with Crippen LogP contribution in [0.5, 0.6) is 0 Å². The molecule has 0 saturated carbocycles. The molecule has 1 unspecified atom stereocenters. The minimum Gasteiger partial charge on any atom is -0.240 e. The Morgan fingerprint density at radius 3 is 2.00 bits per heavy atom. The van der Waals surface area contributed by atoms with E-state index in [4.69, 9.17) is 10.2 Å². The third-order valence-corrected chi connectivity index (χ3v) is 8.73. The first-order valence-corrected chi connectivity index (χ1v) is 14.4. The first-order valence-electron chi connectivity index (χ1n) is 12.1. The van der Waals surface area contributed by atoms with Crippen LogP contribution in [0.15, 0.2) is 136 Å². The Morgan fingerprint density at radius 1 is 0.737 bits per heavy atom. The fourth-order valence-electron chi connectivity index (χ4n) is 4.62. The molecule has 5 aromatic rings. The van der Waals surface area contributed by atoms with Gasteiger partial charge in [0.05, 0.1) is 28.0 Å². The van der Waals surface area contributed by atoms with Gasteiger partial charge in [0.2, 0.25) is 0 Å². The van der Waals surface area contributed by atoms with Crippen LogP contribution < -0.4 is 0 Å². The van der Waals surface area contributed by atoms with E-state index >= 15 is 0 Å². The predicted octanol–water partition coefficient (Wildman–Crippen LogP) is 6.84. The summed E-state index contributed by atoms with van der Waals surface area (Å²) in [6.45, 7) is 0. The van der Waals surface area contributed by atoms with Crippen molar-refractivity contribution in [3.63, 3.8) is 0 Å². The summed E-state index contributed by atoms with van der Waals surface area (Å²) in [7, 11) is -3.94. The third-order valence-electron chi connectivity index (χ3n) is 6.51. The topological polar surface area (TPSA) is 67.6 Å². The average Bonchev–Trinajstić information content (AvgIpc) is 3.61. The molecule has 0 aliphatic carbocycles. The van der Waals surface area contributed by atoms with Gasteiger partial charge >= 0.3 is 0 Å². The number of hydrazone groups is 1. The van der Waals surface area contributed by atoms with Crippen molar-refractivity contribution in [2.24, 2.45) is 5.10 Å². The van der Waals surface area contributed by atoms with E-state index < -0.39 is 16.1 Å². The van der Waals surface area contributed by atoms with Crippen molar-refractivity contribution in [1.29, 1.82) is 0 Å². The van der Waals surface area contributed by atoms with Gasteiger partial charge < -0.3 is 0 Å². The van der Waals surface area contributed by atoms with E-state index in [0.29, 0.717) is 12.1 Å². The molecule has 0 N–H and O–H groups in total. The van der Waals surface area contributed by atoms with Crippen LogP contribution in [0.2, 0.25) is 0 Å². The largest absolute Gasteiger partial charge is 0.279 e. The van der Waals surface area contributed by atoms with Gasteiger partial charge in [0, 0.05) is 28.2 Å². The highest BCUT2D eigenvalue weighted by molar-refractivity contribution is 9.10. The molecule has 188 valence electrons. The zero-order chi connectivity index (χ0) is 26.1. The molecule has 0 fully saturated rings. The average molecular weight is 584 g/mol. The van der Waals surface area contributed by atoms with Crippen molar-refractivity contribution in [1.82, 2.24) is 14.2 Å². The van der Waals surface area contributed by atoms with Crippen LogP contribution in [0, 0.1) is 0 Å². The standard InChI is InChI=1S/C30H23BrN4O2S/c31-24-18-16-22(17-19-24)28-20-29(35(32-28)38(36,37)26-14-8-3-9-15-26)27-21-34(25-12-6-2-7-13-25)33-30(27)23-10-4-1-5-11-23/h1-19,21,29H,20H2. The number of rotatable bonds is 6. The van der Waals surface area contributed by atoms with E-state index in [1.54, 1.807) is 30.3 Å². The monoisotopic (exact) mass is 582 g/mol. The van der Waals surface area contributed by atoms with Crippen LogP contribution in [0.1, 0.15) is 23.6 Å². The molecule has 38 heavy (non-hydrogen) atoms. The molecule has 0 radical (unpaired) electrons. The van der Waals surface area contributed by atoms with Crippen molar-refractivity contribution in [2.75, 3.05) is 0 Å². The summed E-state index contributed by atoms with van der Waals surface area (Å²) < 4.78 is 31.9. The molecule has 4 aromatic carbocycles. The number of halogens is 1. The molecular formula is C30H23BrN4O2S. The van der Waals surface area contributed by atoms with Crippen LogP contribution in [0.4, 0.5) is 0 Å². The molecule has 0 amide bonds. The second-order valence-electron chi connectivity index (χ2n) is 8.94. The number of aromatic nitrogens is 2. The van der Waals surface area contributed by atoms with E-state index in [1.165, 1.54) is 4.41 Å². The van der Waals surface area contributed by atoms with E-state index in [9.17, 15) is 8.42 Å². The normalized spacial score (nSPS) is 15.4. The van der Waals surface area contributed by atoms with Crippen LogP contribution in [-0.4, -0.2) is 28.3 Å². The molecule has 0 saturated heterocycles. The Labute approximate surface area is 230 Å². The molecule has 1 aliphatic rings. The molecule has 1 atom stereocenters. The summed E-state index contributed by atoms with van der Waals surface area (Å²) in [4.78, 5) is 0.197. The summed E-state index contributed by atoms with van der Waals surface area (Å²) in [5.41, 5.74) is 4.89. The molecule has 1 aliphatic heterocycles. The van der Waals surface area contributed by atoms with Crippen LogP contribution in [0.25, 0.3) is 16.9 Å². The molecule has 6 rings (SSSR count). The number of benzene rings is 4. The Balaban J connectivity index is 1.52. The van der Waals surface area contributed by atoms with Crippen molar-refractivity contribution in [3.8, 4) is 16.9 Å². The minimum atomic E-state index is -3.94. The molecule has 2 heterocycles. The SMILES string of the molecule is O=S(=O)(c1ccccc1)N1N=C(c2ccc(Br)cc2)CC1c1cn(-c2ccccc2)nc1-c1ccccc1. The fourth-order valence-corrected chi connectivity index (χ4v) is 6.33. The van der Waals surface area contributed by atoms with Gasteiger partial charge in [0.1, 0.15) is 0 Å². The van der Waals surface area contributed by atoms with Crippen LogP contribution in [-0.2, 0) is 10.0 Å². The van der Waals surface area contributed by atoms with Gasteiger partial charge in [-0.3, -0.25) is 0 Å². The zero-order valence-electron chi connectivity index (χ0n) is 20.2. The number of hydrogen-bond acceptors (Lipinski definition) is 4. The lowest BCUT2D eigenvalue weighted by Gasteiger charge is -2.23. The maximum absolute atomic E-state index is 14.0. The third kappa shape index (κ3) is 4.57. The van der Waals surface area contributed by atoms with Gasteiger partial charge in [-0.15, -0.1) is 0 Å². The molecular weight excluding hydrogens is 560 g/mol. The van der Waals surface area contributed by atoms with Crippen molar-refractivity contribution in [3.05, 3.63) is 137 Å². The second kappa shape index (κ2) is 10.0. The summed E-state index contributed by atoms with van der Waals surface area (Å²) in [6.07, 6.45) is 2.34. The number of hydrogen-bond donors (Lipinski definition) is 0. The van der Waals surface area contributed by atoms with E-state index in [-0.39, 0.29) is 4.90 Å². The van der Waals surface area contributed by atoms with Crippen LogP contribution in [0.3, 0.4) is 0 Å².